The highest BCUT2D eigenvalue weighted by atomic mass is 28.3. The van der Waals surface area contributed by atoms with E-state index in [1.165, 1.54) is 24.4 Å². The standard InChI is InChI=1S/C16H23NOSi/c1-19(14-8-6-12-17,15-9-3-2-4-10-15)16-11-5-7-13-18-16/h2-4,9-10,16H,5-8,11,13-14H2,1H3. The molecule has 1 aromatic carbocycles. The van der Waals surface area contributed by atoms with Crippen molar-refractivity contribution in [1.29, 1.82) is 5.26 Å². The summed E-state index contributed by atoms with van der Waals surface area (Å²) in [5.41, 5.74) is 0.433. The molecule has 0 saturated carbocycles. The number of ether oxygens (including phenoxy) is 1. The first-order chi connectivity index (χ1) is 9.27. The minimum Gasteiger partial charge on any atom is -0.381 e. The number of benzene rings is 1. The average molecular weight is 273 g/mol. The molecule has 0 radical (unpaired) electrons. The van der Waals surface area contributed by atoms with E-state index in [4.69, 9.17) is 10.00 Å². The Morgan fingerprint density at radius 3 is 2.74 bits per heavy atom. The summed E-state index contributed by atoms with van der Waals surface area (Å²) in [5.74, 6) is 0. The molecule has 19 heavy (non-hydrogen) atoms. The number of unbranched alkanes of at least 4 members (excludes halogenated alkanes) is 1. The molecule has 0 amide bonds. The van der Waals surface area contributed by atoms with E-state index in [1.807, 2.05) is 0 Å². The van der Waals surface area contributed by atoms with E-state index in [-0.39, 0.29) is 0 Å². The minimum atomic E-state index is -1.64. The van der Waals surface area contributed by atoms with Gasteiger partial charge in [0.15, 0.2) is 0 Å². The third-order valence-corrected chi connectivity index (χ3v) is 9.23. The maximum atomic E-state index is 8.78. The largest absolute Gasteiger partial charge is 0.381 e. The number of nitrogens with zero attached hydrogens (tertiary/aromatic N) is 1. The lowest BCUT2D eigenvalue weighted by atomic mass is 10.2. The molecule has 102 valence electrons. The van der Waals surface area contributed by atoms with Crippen molar-refractivity contribution in [2.45, 2.75) is 50.4 Å². The second-order valence-corrected chi connectivity index (χ2v) is 10.2. The molecule has 0 spiro atoms. The van der Waals surface area contributed by atoms with Crippen molar-refractivity contribution in [2.75, 3.05) is 6.61 Å². The Labute approximate surface area is 117 Å². The van der Waals surface area contributed by atoms with Crippen molar-refractivity contribution in [3.05, 3.63) is 30.3 Å². The summed E-state index contributed by atoms with van der Waals surface area (Å²) in [4.78, 5) is 0. The van der Waals surface area contributed by atoms with Gasteiger partial charge in [0.05, 0.1) is 11.8 Å². The van der Waals surface area contributed by atoms with Gasteiger partial charge in [-0.15, -0.1) is 0 Å². The van der Waals surface area contributed by atoms with Gasteiger partial charge in [-0.1, -0.05) is 48.1 Å². The Balaban J connectivity index is 2.19. The van der Waals surface area contributed by atoms with Gasteiger partial charge >= 0.3 is 0 Å². The van der Waals surface area contributed by atoms with Crippen LogP contribution >= 0.6 is 0 Å². The first kappa shape index (κ1) is 14.3. The normalized spacial score (nSPS) is 22.4. The van der Waals surface area contributed by atoms with Gasteiger partial charge in [-0.25, -0.2) is 0 Å². The third-order valence-electron chi connectivity index (χ3n) is 4.31. The molecular weight excluding hydrogens is 250 g/mol. The van der Waals surface area contributed by atoms with Gasteiger partial charge in [-0.2, -0.15) is 5.26 Å². The topological polar surface area (TPSA) is 33.0 Å². The molecule has 1 aromatic rings. The van der Waals surface area contributed by atoms with E-state index in [0.29, 0.717) is 12.1 Å². The van der Waals surface area contributed by atoms with Gasteiger partial charge in [-0.05, 0) is 25.7 Å². The van der Waals surface area contributed by atoms with Crippen LogP contribution in [0.1, 0.15) is 32.1 Å². The van der Waals surface area contributed by atoms with Crippen LogP contribution in [0.25, 0.3) is 0 Å². The highest BCUT2D eigenvalue weighted by molar-refractivity contribution is 6.91. The fraction of sp³-hybridized carbons (Fsp3) is 0.562. The number of nitriles is 1. The third kappa shape index (κ3) is 3.46. The Bertz CT molecular complexity index is 422. The summed E-state index contributed by atoms with van der Waals surface area (Å²) in [5, 5.41) is 10.3. The van der Waals surface area contributed by atoms with Crippen molar-refractivity contribution in [3.8, 4) is 6.07 Å². The van der Waals surface area contributed by atoms with Gasteiger partial charge in [0, 0.05) is 13.0 Å². The van der Waals surface area contributed by atoms with E-state index in [0.717, 1.165) is 19.1 Å². The van der Waals surface area contributed by atoms with Crippen LogP contribution in [0.4, 0.5) is 0 Å². The highest BCUT2D eigenvalue weighted by Gasteiger charge is 2.39. The summed E-state index contributed by atoms with van der Waals surface area (Å²) >= 11 is 0. The molecular formula is C16H23NOSi. The quantitative estimate of drug-likeness (QED) is 0.608. The fourth-order valence-corrected chi connectivity index (χ4v) is 7.26. The van der Waals surface area contributed by atoms with Crippen LogP contribution in [-0.4, -0.2) is 20.4 Å². The molecule has 2 rings (SSSR count). The zero-order valence-corrected chi connectivity index (χ0v) is 12.8. The maximum Gasteiger partial charge on any atom is 0.116 e. The predicted octanol–water partition coefficient (Wildman–Crippen LogP) is 3.38. The average Bonchev–Trinajstić information content (AvgIpc) is 2.49. The van der Waals surface area contributed by atoms with Crippen molar-refractivity contribution in [1.82, 2.24) is 0 Å². The Kier molecular flexibility index (Phi) is 5.18. The SMILES string of the molecule is C[Si](CCCC#N)(c1ccccc1)C1CCCCO1. The van der Waals surface area contributed by atoms with Crippen molar-refractivity contribution >= 4 is 13.3 Å². The van der Waals surface area contributed by atoms with E-state index in [9.17, 15) is 0 Å². The number of hydrogen-bond acceptors (Lipinski definition) is 2. The molecule has 0 aromatic heterocycles. The van der Waals surface area contributed by atoms with Gasteiger partial charge in [-0.3, -0.25) is 0 Å². The van der Waals surface area contributed by atoms with Crippen LogP contribution in [0.15, 0.2) is 30.3 Å². The van der Waals surface area contributed by atoms with E-state index < -0.39 is 8.07 Å². The highest BCUT2D eigenvalue weighted by Crippen LogP contribution is 2.27. The molecule has 1 aliphatic heterocycles. The zero-order valence-electron chi connectivity index (χ0n) is 11.8. The Morgan fingerprint density at radius 1 is 1.32 bits per heavy atom. The molecule has 2 nitrogen and oxygen atoms in total. The monoisotopic (exact) mass is 273 g/mol. The van der Waals surface area contributed by atoms with Crippen LogP contribution in [0.5, 0.6) is 0 Å². The zero-order chi connectivity index (χ0) is 13.6. The lowest BCUT2D eigenvalue weighted by Gasteiger charge is -2.38. The summed E-state index contributed by atoms with van der Waals surface area (Å²) in [6, 6.07) is 14.3. The Hall–Kier alpha value is -1.11. The lowest BCUT2D eigenvalue weighted by Crippen LogP contribution is -2.57. The molecule has 0 bridgehead atoms. The number of rotatable bonds is 5. The smallest absolute Gasteiger partial charge is 0.116 e. The van der Waals surface area contributed by atoms with Crippen LogP contribution < -0.4 is 5.19 Å². The molecule has 1 saturated heterocycles. The second-order valence-electron chi connectivity index (χ2n) is 5.65. The predicted molar refractivity (Wildman–Crippen MR) is 80.9 cm³/mol. The van der Waals surface area contributed by atoms with Crippen LogP contribution in [0.3, 0.4) is 0 Å². The van der Waals surface area contributed by atoms with Crippen molar-refractivity contribution in [2.24, 2.45) is 0 Å². The minimum absolute atomic E-state index is 0.433. The summed E-state index contributed by atoms with van der Waals surface area (Å²) in [6.45, 7) is 3.36. The first-order valence-corrected chi connectivity index (χ1v) is 10.1. The van der Waals surface area contributed by atoms with E-state index >= 15 is 0 Å². The molecule has 0 aliphatic carbocycles. The molecule has 0 N–H and O–H groups in total. The molecule has 1 aliphatic rings. The van der Waals surface area contributed by atoms with Crippen molar-refractivity contribution in [3.63, 3.8) is 0 Å². The van der Waals surface area contributed by atoms with Crippen LogP contribution in [0.2, 0.25) is 12.6 Å². The molecule has 2 atom stereocenters. The molecule has 1 heterocycles. The first-order valence-electron chi connectivity index (χ1n) is 7.31. The summed E-state index contributed by atoms with van der Waals surface area (Å²) < 4.78 is 6.11. The second kappa shape index (κ2) is 6.88. The van der Waals surface area contributed by atoms with Gasteiger partial charge in [0.25, 0.3) is 0 Å². The molecule has 3 heteroatoms. The lowest BCUT2D eigenvalue weighted by molar-refractivity contribution is 0.0605. The van der Waals surface area contributed by atoms with Crippen LogP contribution in [0, 0.1) is 11.3 Å². The van der Waals surface area contributed by atoms with E-state index in [1.54, 1.807) is 0 Å². The van der Waals surface area contributed by atoms with E-state index in [2.05, 4.69) is 42.9 Å². The van der Waals surface area contributed by atoms with Gasteiger partial charge in [0.2, 0.25) is 0 Å². The summed E-state index contributed by atoms with van der Waals surface area (Å²) in [7, 11) is -1.64. The molecule has 1 fully saturated rings. The van der Waals surface area contributed by atoms with Gasteiger partial charge in [0.1, 0.15) is 8.07 Å². The molecule has 2 unspecified atom stereocenters. The fourth-order valence-electron chi connectivity index (χ4n) is 3.09. The summed E-state index contributed by atoms with van der Waals surface area (Å²) in [6.07, 6.45) is 5.37. The van der Waals surface area contributed by atoms with Crippen molar-refractivity contribution < 1.29 is 4.74 Å². The number of hydrogen-bond donors (Lipinski definition) is 0. The van der Waals surface area contributed by atoms with Crippen LogP contribution in [-0.2, 0) is 4.74 Å². The Morgan fingerprint density at radius 2 is 2.11 bits per heavy atom. The maximum absolute atomic E-state index is 8.78. The van der Waals surface area contributed by atoms with Gasteiger partial charge < -0.3 is 4.74 Å².